The maximum atomic E-state index is 12.7. The maximum Gasteiger partial charge on any atom is 0.331 e. The normalized spacial score (nSPS) is 23.0. The number of carbonyl (C=O) groups excluding carboxylic acids is 2. The molecule has 0 saturated carbocycles. The number of rotatable bonds is 9. The molecule has 4 atom stereocenters. The first-order valence-electron chi connectivity index (χ1n) is 12.2. The van der Waals surface area contributed by atoms with Gasteiger partial charge in [0.15, 0.2) is 11.5 Å². The fourth-order valence-corrected chi connectivity index (χ4v) is 5.21. The Morgan fingerprint density at radius 3 is 2.38 bits per heavy atom. The van der Waals surface area contributed by atoms with Crippen LogP contribution in [0.2, 0.25) is 0 Å². The van der Waals surface area contributed by atoms with Crippen LogP contribution in [-0.2, 0) is 25.5 Å². The molecule has 2 aromatic carbocycles. The fraction of sp³-hybridized carbons (Fsp3) is 0.429. The summed E-state index contributed by atoms with van der Waals surface area (Å²) < 4.78 is 27.6. The molecule has 4 rings (SSSR count). The van der Waals surface area contributed by atoms with Gasteiger partial charge in [-0.05, 0) is 48.5 Å². The van der Waals surface area contributed by atoms with Gasteiger partial charge in [0.25, 0.3) is 0 Å². The average Bonchev–Trinajstić information content (AvgIpc) is 3.03. The Hall–Kier alpha value is -3.72. The Labute approximate surface area is 216 Å². The van der Waals surface area contributed by atoms with Crippen LogP contribution in [0, 0.1) is 0 Å². The van der Waals surface area contributed by atoms with E-state index in [2.05, 4.69) is 4.90 Å². The van der Waals surface area contributed by atoms with Gasteiger partial charge in [0, 0.05) is 31.4 Å². The monoisotopic (exact) mass is 511 g/mol. The molecule has 2 heterocycles. The van der Waals surface area contributed by atoms with E-state index in [1.165, 1.54) is 27.4 Å². The molecule has 37 heavy (non-hydrogen) atoms. The number of nitrogens with zero attached hydrogens (tertiary/aromatic N) is 1. The summed E-state index contributed by atoms with van der Waals surface area (Å²) in [6, 6.07) is 10.2. The molecular formula is C28H33NO8. The van der Waals surface area contributed by atoms with Crippen molar-refractivity contribution in [2.75, 3.05) is 28.4 Å². The quantitative estimate of drug-likeness (QED) is 0.401. The molecule has 2 fully saturated rings. The number of phenols is 1. The van der Waals surface area contributed by atoms with E-state index >= 15 is 0 Å². The summed E-state index contributed by atoms with van der Waals surface area (Å²) in [7, 11) is 6.61. The highest BCUT2D eigenvalue weighted by Crippen LogP contribution is 2.39. The Morgan fingerprint density at radius 1 is 1.00 bits per heavy atom. The zero-order valence-electron chi connectivity index (χ0n) is 21.5. The van der Waals surface area contributed by atoms with Crippen LogP contribution < -0.4 is 14.2 Å². The Balaban J connectivity index is 1.35. The van der Waals surface area contributed by atoms with Crippen LogP contribution in [0.5, 0.6) is 23.0 Å². The zero-order valence-corrected chi connectivity index (χ0v) is 21.5. The number of phenolic OH excluding ortho intramolecular Hbond substituents is 1. The van der Waals surface area contributed by atoms with E-state index in [-0.39, 0.29) is 42.4 Å². The van der Waals surface area contributed by atoms with Crippen LogP contribution >= 0.6 is 0 Å². The van der Waals surface area contributed by atoms with Gasteiger partial charge in [-0.25, -0.2) is 4.79 Å². The number of hydrogen-bond donors (Lipinski definition) is 1. The second-order valence-electron chi connectivity index (χ2n) is 9.32. The Kier molecular flexibility index (Phi) is 8.23. The molecule has 0 aliphatic carbocycles. The summed E-state index contributed by atoms with van der Waals surface area (Å²) in [6.07, 6.45) is 4.56. The number of ether oxygens (including phenoxy) is 5. The summed E-state index contributed by atoms with van der Waals surface area (Å²) in [4.78, 5) is 27.4. The third kappa shape index (κ3) is 6.17. The number of esters is 2. The largest absolute Gasteiger partial charge is 0.508 e. The van der Waals surface area contributed by atoms with Gasteiger partial charge >= 0.3 is 11.9 Å². The molecule has 0 radical (unpaired) electrons. The van der Waals surface area contributed by atoms with Gasteiger partial charge in [0.2, 0.25) is 5.75 Å². The summed E-state index contributed by atoms with van der Waals surface area (Å²) >= 11 is 0. The molecule has 0 aromatic heterocycles. The SMILES string of the molecule is COc1cc(C=CC(=O)O[C@H]2CC3CC(OC(=O)Cc4cccc(O)c4)CC2N3C)cc(OC)c1OC. The van der Waals surface area contributed by atoms with E-state index < -0.39 is 5.97 Å². The first-order chi connectivity index (χ1) is 17.8. The van der Waals surface area contributed by atoms with Crippen LogP contribution in [0.15, 0.2) is 42.5 Å². The number of hydrogen-bond acceptors (Lipinski definition) is 9. The van der Waals surface area contributed by atoms with E-state index in [1.807, 2.05) is 7.05 Å². The van der Waals surface area contributed by atoms with Crippen molar-refractivity contribution in [3.63, 3.8) is 0 Å². The lowest BCUT2D eigenvalue weighted by molar-refractivity contribution is -0.153. The molecule has 198 valence electrons. The van der Waals surface area contributed by atoms with Crippen molar-refractivity contribution in [3.8, 4) is 23.0 Å². The van der Waals surface area contributed by atoms with Gasteiger partial charge in [-0.2, -0.15) is 0 Å². The fourth-order valence-electron chi connectivity index (χ4n) is 5.21. The van der Waals surface area contributed by atoms with Gasteiger partial charge in [-0.1, -0.05) is 12.1 Å². The minimum Gasteiger partial charge on any atom is -0.508 e. The molecule has 0 spiro atoms. The second kappa shape index (κ2) is 11.6. The minimum absolute atomic E-state index is 0.0316. The van der Waals surface area contributed by atoms with Crippen LogP contribution in [-0.4, -0.2) is 74.6 Å². The first-order valence-corrected chi connectivity index (χ1v) is 12.2. The summed E-state index contributed by atoms with van der Waals surface area (Å²) in [5.41, 5.74) is 1.40. The van der Waals surface area contributed by atoms with E-state index in [0.717, 1.165) is 0 Å². The highest BCUT2D eigenvalue weighted by atomic mass is 16.6. The van der Waals surface area contributed by atoms with Crippen LogP contribution in [0.1, 0.15) is 30.4 Å². The maximum absolute atomic E-state index is 12.7. The molecule has 9 nitrogen and oxygen atoms in total. The van der Waals surface area contributed by atoms with E-state index in [0.29, 0.717) is 47.6 Å². The molecule has 9 heteroatoms. The topological polar surface area (TPSA) is 104 Å². The van der Waals surface area contributed by atoms with E-state index in [4.69, 9.17) is 23.7 Å². The standard InChI is InChI=1S/C28H33NO8/c1-29-19-14-21(36-27(32)13-17-6-5-7-20(30)10-17)16-22(29)23(15-19)37-26(31)9-8-18-11-24(33-2)28(35-4)25(12-18)34-3/h5-12,19,21-23,30H,13-16H2,1-4H3/t19?,21?,22?,23-/m0/s1. The van der Waals surface area contributed by atoms with Gasteiger partial charge < -0.3 is 28.8 Å². The van der Waals surface area contributed by atoms with Gasteiger partial charge in [0.1, 0.15) is 18.0 Å². The number of fused-ring (bicyclic) bond motifs is 2. The molecule has 0 amide bonds. The zero-order chi connectivity index (χ0) is 26.5. The van der Waals surface area contributed by atoms with Crippen molar-refractivity contribution in [1.29, 1.82) is 0 Å². The molecule has 2 aliphatic heterocycles. The highest BCUT2D eigenvalue weighted by Gasteiger charge is 2.47. The number of methoxy groups -OCH3 is 3. The van der Waals surface area contributed by atoms with Crippen molar-refractivity contribution >= 4 is 18.0 Å². The third-order valence-corrected chi connectivity index (χ3v) is 7.00. The van der Waals surface area contributed by atoms with Crippen molar-refractivity contribution in [2.45, 2.75) is 50.0 Å². The lowest BCUT2D eigenvalue weighted by Crippen LogP contribution is -2.46. The molecular weight excluding hydrogens is 478 g/mol. The van der Waals surface area contributed by atoms with Gasteiger partial charge in [-0.15, -0.1) is 0 Å². The van der Waals surface area contributed by atoms with Crippen molar-refractivity contribution in [2.24, 2.45) is 0 Å². The predicted molar refractivity (Wildman–Crippen MR) is 136 cm³/mol. The summed E-state index contributed by atoms with van der Waals surface area (Å²) in [5, 5.41) is 9.61. The number of carbonyl (C=O) groups is 2. The first kappa shape index (κ1) is 26.3. The number of aromatic hydroxyl groups is 1. The summed E-state index contributed by atoms with van der Waals surface area (Å²) in [5.74, 6) is 0.796. The molecule has 2 saturated heterocycles. The van der Waals surface area contributed by atoms with Crippen LogP contribution in [0.25, 0.3) is 6.08 Å². The lowest BCUT2D eigenvalue weighted by atomic mass is 10.00. The molecule has 2 bridgehead atoms. The Bertz CT molecular complexity index is 1140. The smallest absolute Gasteiger partial charge is 0.331 e. The van der Waals surface area contributed by atoms with Crippen molar-refractivity contribution in [3.05, 3.63) is 53.6 Å². The number of piperidine rings is 1. The molecule has 3 unspecified atom stereocenters. The average molecular weight is 512 g/mol. The number of benzene rings is 2. The van der Waals surface area contributed by atoms with Crippen LogP contribution in [0.3, 0.4) is 0 Å². The van der Waals surface area contributed by atoms with E-state index in [9.17, 15) is 14.7 Å². The van der Waals surface area contributed by atoms with Crippen molar-refractivity contribution in [1.82, 2.24) is 4.90 Å². The number of likely N-dealkylation sites (N-methyl/N-ethyl adjacent to an activating group) is 1. The second-order valence-corrected chi connectivity index (χ2v) is 9.32. The predicted octanol–water partition coefficient (Wildman–Crippen LogP) is 3.36. The third-order valence-electron chi connectivity index (χ3n) is 7.00. The van der Waals surface area contributed by atoms with Gasteiger partial charge in [-0.3, -0.25) is 9.69 Å². The Morgan fingerprint density at radius 2 is 1.73 bits per heavy atom. The minimum atomic E-state index is -0.447. The van der Waals surface area contributed by atoms with Crippen molar-refractivity contribution < 1.29 is 38.4 Å². The molecule has 1 N–H and O–H groups in total. The highest BCUT2D eigenvalue weighted by molar-refractivity contribution is 5.87. The van der Waals surface area contributed by atoms with Crippen LogP contribution in [0.4, 0.5) is 0 Å². The molecule has 2 aliphatic rings. The lowest BCUT2D eigenvalue weighted by Gasteiger charge is -2.36. The van der Waals surface area contributed by atoms with Gasteiger partial charge in [0.05, 0.1) is 33.8 Å². The van der Waals surface area contributed by atoms with E-state index in [1.54, 1.807) is 42.5 Å². The molecule has 2 aromatic rings. The summed E-state index contributed by atoms with van der Waals surface area (Å²) in [6.45, 7) is 0.